The van der Waals surface area contributed by atoms with Gasteiger partial charge in [-0.2, -0.15) is 0 Å². The first-order chi connectivity index (χ1) is 7.40. The molecule has 0 saturated carbocycles. The third-order valence-electron chi connectivity index (χ3n) is 2.42. The summed E-state index contributed by atoms with van der Waals surface area (Å²) >= 11 is 0. The molecule has 74 valence electrons. The average Bonchev–Trinajstić information content (AvgIpc) is 2.55. The number of benzene rings is 1. The van der Waals surface area contributed by atoms with E-state index in [1.165, 1.54) is 5.56 Å². The van der Waals surface area contributed by atoms with Gasteiger partial charge in [-0.05, 0) is 5.56 Å². The van der Waals surface area contributed by atoms with Gasteiger partial charge in [0.2, 0.25) is 0 Å². The highest BCUT2D eigenvalue weighted by molar-refractivity contribution is 5.78. The van der Waals surface area contributed by atoms with Gasteiger partial charge in [0.15, 0.2) is 0 Å². The van der Waals surface area contributed by atoms with Gasteiger partial charge in [-0.1, -0.05) is 60.7 Å². The van der Waals surface area contributed by atoms with Gasteiger partial charge in [0.25, 0.3) is 0 Å². The second-order valence-corrected chi connectivity index (χ2v) is 3.47. The Morgan fingerprint density at radius 1 is 1.07 bits per heavy atom. The van der Waals surface area contributed by atoms with Crippen LogP contribution in [0.4, 0.5) is 0 Å². The summed E-state index contributed by atoms with van der Waals surface area (Å²) in [7, 11) is 0. The summed E-state index contributed by atoms with van der Waals surface area (Å²) < 4.78 is 0. The van der Waals surface area contributed by atoms with E-state index in [-0.39, 0.29) is 5.92 Å². The maximum Gasteiger partial charge on any atom is 0.150 e. The maximum absolute atomic E-state index is 10.6. The van der Waals surface area contributed by atoms with E-state index in [1.807, 2.05) is 42.5 Å². The Labute approximate surface area is 89.4 Å². The Kier molecular flexibility index (Phi) is 2.93. The lowest BCUT2D eigenvalue weighted by molar-refractivity contribution is -0.104. The number of hydrogen-bond acceptors (Lipinski definition) is 1. The van der Waals surface area contributed by atoms with E-state index in [2.05, 4.69) is 18.2 Å². The molecule has 0 amide bonds. The largest absolute Gasteiger partial charge is 0.298 e. The van der Waals surface area contributed by atoms with E-state index in [9.17, 15) is 4.79 Å². The zero-order valence-electron chi connectivity index (χ0n) is 8.34. The Hall–Kier alpha value is -1.89. The fraction of sp³-hybridized carbons (Fsp3) is 0.0714. The minimum absolute atomic E-state index is 0.264. The summed E-state index contributed by atoms with van der Waals surface area (Å²) in [5, 5.41) is 0. The van der Waals surface area contributed by atoms with Crippen LogP contribution in [0.2, 0.25) is 0 Å². The molecule has 1 unspecified atom stereocenters. The molecule has 0 saturated heterocycles. The minimum atomic E-state index is 0.264. The number of aldehydes is 1. The van der Waals surface area contributed by atoms with Gasteiger partial charge in [-0.25, -0.2) is 0 Å². The van der Waals surface area contributed by atoms with E-state index >= 15 is 0 Å². The molecule has 0 heterocycles. The average molecular weight is 196 g/mol. The van der Waals surface area contributed by atoms with Crippen LogP contribution in [0.25, 0.3) is 0 Å². The maximum atomic E-state index is 10.6. The van der Waals surface area contributed by atoms with E-state index in [1.54, 1.807) is 0 Å². The summed E-state index contributed by atoms with van der Waals surface area (Å²) in [5.41, 5.74) is 1.95. The van der Waals surface area contributed by atoms with Crippen molar-refractivity contribution in [3.63, 3.8) is 0 Å². The van der Waals surface area contributed by atoms with E-state index in [0.717, 1.165) is 6.29 Å². The lowest BCUT2D eigenvalue weighted by Crippen LogP contribution is -1.89. The molecular formula is C14H12O. The van der Waals surface area contributed by atoms with Crippen LogP contribution in [0.1, 0.15) is 11.5 Å². The van der Waals surface area contributed by atoms with Gasteiger partial charge in [-0.3, -0.25) is 4.79 Å². The van der Waals surface area contributed by atoms with Crippen molar-refractivity contribution in [1.82, 2.24) is 0 Å². The van der Waals surface area contributed by atoms with Crippen LogP contribution in [0.3, 0.4) is 0 Å². The first-order valence-corrected chi connectivity index (χ1v) is 4.97. The fourth-order valence-electron chi connectivity index (χ4n) is 1.60. The second-order valence-electron chi connectivity index (χ2n) is 3.47. The summed E-state index contributed by atoms with van der Waals surface area (Å²) in [6, 6.07) is 10.2. The van der Waals surface area contributed by atoms with Crippen molar-refractivity contribution in [2.24, 2.45) is 0 Å². The highest BCUT2D eigenvalue weighted by Gasteiger charge is 2.04. The van der Waals surface area contributed by atoms with Gasteiger partial charge < -0.3 is 0 Å². The normalized spacial score (nSPS) is 19.5. The van der Waals surface area contributed by atoms with Crippen molar-refractivity contribution in [2.45, 2.75) is 5.92 Å². The van der Waals surface area contributed by atoms with Gasteiger partial charge in [0, 0.05) is 11.5 Å². The third kappa shape index (κ3) is 2.32. The van der Waals surface area contributed by atoms with Crippen molar-refractivity contribution in [3.8, 4) is 0 Å². The van der Waals surface area contributed by atoms with E-state index in [0.29, 0.717) is 5.57 Å². The number of carbonyl (C=O) groups excluding carboxylic acids is 1. The van der Waals surface area contributed by atoms with Crippen molar-refractivity contribution < 1.29 is 4.79 Å². The highest BCUT2D eigenvalue weighted by atomic mass is 16.1. The smallest absolute Gasteiger partial charge is 0.150 e. The molecule has 0 aliphatic heterocycles. The van der Waals surface area contributed by atoms with Crippen LogP contribution in [0.15, 0.2) is 66.3 Å². The van der Waals surface area contributed by atoms with Gasteiger partial charge >= 0.3 is 0 Å². The van der Waals surface area contributed by atoms with Crippen molar-refractivity contribution >= 4 is 6.29 Å². The zero-order valence-corrected chi connectivity index (χ0v) is 8.34. The first kappa shape index (κ1) is 9.66. The second kappa shape index (κ2) is 4.56. The predicted octanol–water partition coefficient (Wildman–Crippen LogP) is 3.02. The van der Waals surface area contributed by atoms with Gasteiger partial charge in [0.1, 0.15) is 6.29 Å². The SMILES string of the molecule is O=CC1=CC=CC(c2ccccc2)C=C1. The molecule has 0 spiro atoms. The number of hydrogen-bond donors (Lipinski definition) is 0. The van der Waals surface area contributed by atoms with Crippen molar-refractivity contribution in [3.05, 3.63) is 71.8 Å². The van der Waals surface area contributed by atoms with Gasteiger partial charge in [-0.15, -0.1) is 0 Å². The van der Waals surface area contributed by atoms with Crippen LogP contribution in [0.5, 0.6) is 0 Å². The summed E-state index contributed by atoms with van der Waals surface area (Å²) in [5.74, 6) is 0.264. The topological polar surface area (TPSA) is 17.1 Å². The zero-order chi connectivity index (χ0) is 10.5. The quantitative estimate of drug-likeness (QED) is 0.664. The van der Waals surface area contributed by atoms with Crippen molar-refractivity contribution in [1.29, 1.82) is 0 Å². The molecule has 2 rings (SSSR count). The van der Waals surface area contributed by atoms with Crippen molar-refractivity contribution in [2.75, 3.05) is 0 Å². The summed E-state index contributed by atoms with van der Waals surface area (Å²) in [6.45, 7) is 0. The number of carbonyl (C=O) groups is 1. The monoisotopic (exact) mass is 196 g/mol. The molecule has 1 aliphatic rings. The van der Waals surface area contributed by atoms with Crippen LogP contribution in [-0.4, -0.2) is 6.29 Å². The molecule has 1 atom stereocenters. The molecule has 15 heavy (non-hydrogen) atoms. The molecule has 0 N–H and O–H groups in total. The molecule has 1 nitrogen and oxygen atoms in total. The summed E-state index contributed by atoms with van der Waals surface area (Å²) in [4.78, 5) is 10.6. The Morgan fingerprint density at radius 3 is 2.60 bits per heavy atom. The summed E-state index contributed by atoms with van der Waals surface area (Å²) in [6.07, 6.45) is 10.6. The number of rotatable bonds is 2. The predicted molar refractivity (Wildman–Crippen MR) is 61.6 cm³/mol. The molecule has 1 aliphatic carbocycles. The fourth-order valence-corrected chi connectivity index (χ4v) is 1.60. The lowest BCUT2D eigenvalue weighted by Gasteiger charge is -2.06. The first-order valence-electron chi connectivity index (χ1n) is 4.97. The molecular weight excluding hydrogens is 184 g/mol. The van der Waals surface area contributed by atoms with E-state index in [4.69, 9.17) is 0 Å². The Morgan fingerprint density at radius 2 is 1.87 bits per heavy atom. The standard InChI is InChI=1S/C14H12O/c15-11-12-5-4-8-14(10-9-12)13-6-2-1-3-7-13/h1-11,14H. The Bertz CT molecular complexity index is 424. The Balaban J connectivity index is 2.25. The molecule has 0 bridgehead atoms. The molecule has 0 radical (unpaired) electrons. The third-order valence-corrected chi connectivity index (χ3v) is 2.42. The van der Waals surface area contributed by atoms with Crippen LogP contribution < -0.4 is 0 Å². The van der Waals surface area contributed by atoms with E-state index < -0.39 is 0 Å². The van der Waals surface area contributed by atoms with Crippen LogP contribution in [-0.2, 0) is 4.79 Å². The highest BCUT2D eigenvalue weighted by Crippen LogP contribution is 2.21. The van der Waals surface area contributed by atoms with Crippen LogP contribution >= 0.6 is 0 Å². The minimum Gasteiger partial charge on any atom is -0.298 e. The van der Waals surface area contributed by atoms with Crippen LogP contribution in [0, 0.1) is 0 Å². The molecule has 0 fully saturated rings. The number of allylic oxidation sites excluding steroid dienone is 6. The molecule has 1 heteroatoms. The molecule has 1 aromatic carbocycles. The molecule has 1 aromatic rings. The van der Waals surface area contributed by atoms with Gasteiger partial charge in [0.05, 0.1) is 0 Å². The lowest BCUT2D eigenvalue weighted by atomic mass is 9.99. The molecule has 0 aromatic heterocycles.